The van der Waals surface area contributed by atoms with Gasteiger partial charge in [-0.25, -0.2) is 0 Å². The van der Waals surface area contributed by atoms with Gasteiger partial charge < -0.3 is 14.4 Å². The maximum Gasteiger partial charge on any atom is 0.130 e. The second kappa shape index (κ2) is 17.8. The third kappa shape index (κ3) is 9.07. The molecule has 0 amide bonds. The molecule has 0 aliphatic rings. The van der Waals surface area contributed by atoms with Crippen molar-refractivity contribution in [1.82, 2.24) is 9.97 Å². The molecule has 4 nitrogen and oxygen atoms in total. The summed E-state index contributed by atoms with van der Waals surface area (Å²) < 4.78 is 44.5. The monoisotopic (exact) mass is 991 g/mol. The van der Waals surface area contributed by atoms with E-state index in [9.17, 15) is 9.65 Å². The number of halogens is 1. The van der Waals surface area contributed by atoms with E-state index in [2.05, 4.69) is 100 Å². The molecule has 309 valence electrons. The molecule has 0 unspecified atom stereocenters. The van der Waals surface area contributed by atoms with Gasteiger partial charge in [0, 0.05) is 53.4 Å². The van der Waals surface area contributed by atoms with Crippen molar-refractivity contribution in [1.29, 1.82) is 5.26 Å². The van der Waals surface area contributed by atoms with Crippen LogP contribution in [0.15, 0.2) is 156 Å². The average molecular weight is 991 g/mol. The molecule has 6 heteroatoms. The van der Waals surface area contributed by atoms with Crippen LogP contribution in [0.5, 0.6) is 0 Å². The van der Waals surface area contributed by atoms with Crippen LogP contribution in [0.2, 0.25) is 0 Å². The van der Waals surface area contributed by atoms with E-state index >= 15 is 0 Å². The van der Waals surface area contributed by atoms with Gasteiger partial charge in [0.2, 0.25) is 0 Å². The van der Waals surface area contributed by atoms with Crippen molar-refractivity contribution >= 4 is 21.9 Å². The number of nitrogens with zero attached hydrogens (tertiary/aromatic N) is 3. The van der Waals surface area contributed by atoms with Crippen LogP contribution in [0.4, 0.5) is 4.39 Å². The molecule has 62 heavy (non-hydrogen) atoms. The third-order valence-electron chi connectivity index (χ3n) is 10.9. The molecule has 0 aliphatic heterocycles. The topological polar surface area (TPSA) is 62.7 Å². The summed E-state index contributed by atoms with van der Waals surface area (Å²) in [6.45, 7) is 10.6. The van der Waals surface area contributed by atoms with Crippen LogP contribution >= 0.6 is 0 Å². The van der Waals surface area contributed by atoms with Gasteiger partial charge in [0.05, 0.1) is 17.2 Å². The van der Waals surface area contributed by atoms with Gasteiger partial charge in [0.1, 0.15) is 5.58 Å². The van der Waals surface area contributed by atoms with Crippen LogP contribution in [-0.4, -0.2) is 9.97 Å². The standard InChI is InChI=1S/C41H31N2O.C15H15FN.Ir/c1-26-10-20-34(36-24-31(22-23-43-36)29-15-18-33(19-16-29)41(2,3)4)39-37(26)35-21-17-32(25-42)38(40(35)44-39)30-13-11-28(12-14-30)27-8-6-5-7-9-27;1-15(2,3)12-6-9-14(17-10-12)11-4-7-13(16)8-5-11;/h5-19,21-24H,1-4H3;4,6-10H,1-3H3;/q2*-1;/i1D3;;. The second-order valence-electron chi connectivity index (χ2n) is 17.2. The first-order chi connectivity index (χ1) is 30.5. The first-order valence-electron chi connectivity index (χ1n) is 21.7. The Balaban J connectivity index is 0.000000295. The Morgan fingerprint density at radius 3 is 1.94 bits per heavy atom. The van der Waals surface area contributed by atoms with Crippen molar-refractivity contribution in [3.8, 4) is 62.0 Å². The molecule has 0 aliphatic carbocycles. The van der Waals surface area contributed by atoms with Crippen molar-refractivity contribution in [2.45, 2.75) is 59.2 Å². The summed E-state index contributed by atoms with van der Waals surface area (Å²) >= 11 is 0. The fourth-order valence-electron chi connectivity index (χ4n) is 7.39. The first-order valence-corrected chi connectivity index (χ1v) is 20.2. The Labute approximate surface area is 381 Å². The average Bonchev–Trinajstić information content (AvgIpc) is 3.68. The second-order valence-corrected chi connectivity index (χ2v) is 17.2. The zero-order valence-electron chi connectivity index (χ0n) is 38.4. The number of furan rings is 1. The minimum Gasteiger partial charge on any atom is -0.500 e. The van der Waals surface area contributed by atoms with E-state index < -0.39 is 6.85 Å². The fraction of sp³-hybridized carbons (Fsp3) is 0.161. The van der Waals surface area contributed by atoms with Gasteiger partial charge >= 0.3 is 0 Å². The van der Waals surface area contributed by atoms with E-state index in [1.54, 1.807) is 24.4 Å². The maximum atomic E-state index is 12.8. The zero-order valence-corrected chi connectivity index (χ0v) is 37.8. The number of nitriles is 1. The van der Waals surface area contributed by atoms with Gasteiger partial charge in [-0.05, 0) is 73.3 Å². The smallest absolute Gasteiger partial charge is 0.130 e. The molecule has 0 fully saturated rings. The molecule has 3 aromatic heterocycles. The zero-order chi connectivity index (χ0) is 45.4. The van der Waals surface area contributed by atoms with Crippen molar-refractivity contribution < 1.29 is 33.0 Å². The van der Waals surface area contributed by atoms with Crippen LogP contribution in [0.25, 0.3) is 77.8 Å². The van der Waals surface area contributed by atoms with Crippen LogP contribution in [0.3, 0.4) is 0 Å². The van der Waals surface area contributed by atoms with Gasteiger partial charge in [-0.3, -0.25) is 4.39 Å². The van der Waals surface area contributed by atoms with Gasteiger partial charge in [-0.15, -0.1) is 47.5 Å². The molecule has 9 aromatic rings. The van der Waals surface area contributed by atoms with Crippen molar-refractivity contribution in [2.24, 2.45) is 0 Å². The molecule has 6 aromatic carbocycles. The molecule has 0 saturated carbocycles. The largest absolute Gasteiger partial charge is 0.500 e. The molecule has 3 heterocycles. The molecule has 0 N–H and O–H groups in total. The Morgan fingerprint density at radius 1 is 0.645 bits per heavy atom. The van der Waals surface area contributed by atoms with E-state index in [0.717, 1.165) is 39.1 Å². The number of rotatable bonds is 5. The van der Waals surface area contributed by atoms with Crippen molar-refractivity contribution in [3.63, 3.8) is 0 Å². The number of hydrogen-bond acceptors (Lipinski definition) is 4. The van der Waals surface area contributed by atoms with E-state index in [-0.39, 0.29) is 42.3 Å². The van der Waals surface area contributed by atoms with Crippen LogP contribution in [0.1, 0.15) is 67.9 Å². The van der Waals surface area contributed by atoms with E-state index in [4.69, 9.17) is 8.53 Å². The minimum atomic E-state index is -2.42. The summed E-state index contributed by atoms with van der Waals surface area (Å²) in [6, 6.07) is 52.4. The van der Waals surface area contributed by atoms with Crippen LogP contribution < -0.4 is 0 Å². The van der Waals surface area contributed by atoms with Crippen molar-refractivity contribution in [3.05, 3.63) is 192 Å². The summed E-state index contributed by atoms with van der Waals surface area (Å²) in [4.78, 5) is 9.06. The Hall–Kier alpha value is -6.51. The molecule has 0 bridgehead atoms. The number of aryl methyl sites for hydroxylation is 1. The fourth-order valence-corrected chi connectivity index (χ4v) is 7.39. The van der Waals surface area contributed by atoms with E-state index in [0.29, 0.717) is 44.3 Å². The molecule has 0 atom stereocenters. The summed E-state index contributed by atoms with van der Waals surface area (Å²) in [5, 5.41) is 11.3. The summed E-state index contributed by atoms with van der Waals surface area (Å²) in [5.41, 5.74) is 12.3. The summed E-state index contributed by atoms with van der Waals surface area (Å²) in [5.74, 6) is -0.278. The van der Waals surface area contributed by atoms with Gasteiger partial charge in [0.15, 0.2) is 0 Å². The predicted molar refractivity (Wildman–Crippen MR) is 247 cm³/mol. The third-order valence-corrected chi connectivity index (χ3v) is 10.9. The van der Waals surface area contributed by atoms with Crippen molar-refractivity contribution in [2.75, 3.05) is 0 Å². The van der Waals surface area contributed by atoms with Gasteiger partial charge in [0.25, 0.3) is 0 Å². The van der Waals surface area contributed by atoms with Crippen LogP contribution in [0, 0.1) is 36.1 Å². The number of pyridine rings is 2. The number of aromatic nitrogens is 2. The van der Waals surface area contributed by atoms with Gasteiger partial charge in [-0.1, -0.05) is 162 Å². The molecule has 0 spiro atoms. The number of benzene rings is 6. The molecule has 0 saturated heterocycles. The molecule has 9 rings (SSSR count). The van der Waals surface area contributed by atoms with E-state index in [1.165, 1.54) is 29.3 Å². The predicted octanol–water partition coefficient (Wildman–Crippen LogP) is 14.9. The normalized spacial score (nSPS) is 12.3. The van der Waals surface area contributed by atoms with Crippen LogP contribution in [-0.2, 0) is 30.9 Å². The SMILES string of the molecule is CC(C)(C)c1ccc(-c2[c-]cc(F)cc2)nc1.[2H]C([2H])([2H])c1c[c-]c(-c2cc(-c3ccc(C(C)(C)C)cc3)ccn2)c2oc3c(-c4ccc(-c5ccccc5)cc4)c(C#N)ccc3c12.[Ir]. The molecular weight excluding hydrogens is 942 g/mol. The minimum absolute atomic E-state index is 0. The Kier molecular flexibility index (Phi) is 11.4. The quantitative estimate of drug-likeness (QED) is 0.161. The summed E-state index contributed by atoms with van der Waals surface area (Å²) in [6.07, 6.45) is 3.61. The summed E-state index contributed by atoms with van der Waals surface area (Å²) in [7, 11) is 0. The van der Waals surface area contributed by atoms with E-state index in [1.807, 2.05) is 79.0 Å². The number of fused-ring (bicyclic) bond motifs is 3. The Morgan fingerprint density at radius 2 is 1.31 bits per heavy atom. The Bertz CT molecular complexity index is 3140. The first kappa shape index (κ1) is 39.6. The number of hydrogen-bond donors (Lipinski definition) is 0. The van der Waals surface area contributed by atoms with Gasteiger partial charge in [-0.2, -0.15) is 5.26 Å². The molecular formula is C56H46FIrN3O-2. The maximum absolute atomic E-state index is 12.8. The molecule has 1 radical (unpaired) electrons.